The Morgan fingerprint density at radius 3 is 3.32 bits per heavy atom. The van der Waals surface area contributed by atoms with Crippen molar-refractivity contribution in [1.29, 1.82) is 0 Å². The number of carbonyl (C=O) groups excluding carboxylic acids is 1. The highest BCUT2D eigenvalue weighted by atomic mass is 16.5. The monoisotopic (exact) mass is 263 g/mol. The molecule has 102 valence electrons. The first-order chi connectivity index (χ1) is 10.8. The predicted molar refractivity (Wildman–Crippen MR) is 74.6 cm³/mol. The number of hydrogen-bond donors (Lipinski definition) is 1. The van der Waals surface area contributed by atoms with Gasteiger partial charge in [0, 0.05) is 27.6 Å². The maximum atomic E-state index is 11.4. The van der Waals surface area contributed by atoms with Crippen LogP contribution in [0.1, 0.15) is 54.3 Å². The smallest absolute Gasteiger partial charge is 0.219 e. The largest absolute Gasteiger partial charge is 0.493 e. The van der Waals surface area contributed by atoms with Gasteiger partial charge in [-0.05, 0) is 42.4 Å². The third-order valence-electron chi connectivity index (χ3n) is 3.94. The van der Waals surface area contributed by atoms with Gasteiger partial charge in [0.05, 0.1) is 9.30 Å². The first kappa shape index (κ1) is 8.62. The maximum Gasteiger partial charge on any atom is 0.219 e. The van der Waals surface area contributed by atoms with E-state index in [0.717, 1.165) is 30.4 Å². The van der Waals surface area contributed by atoms with Gasteiger partial charge in [0.1, 0.15) is 5.75 Å². The van der Waals surface area contributed by atoms with Crippen molar-refractivity contribution in [3.63, 3.8) is 0 Å². The summed E-state index contributed by atoms with van der Waals surface area (Å²) in [5, 5.41) is 2.86. The van der Waals surface area contributed by atoms with Crippen LogP contribution < -0.4 is 10.1 Å². The quantitative estimate of drug-likeness (QED) is 0.906. The molecule has 0 aromatic heterocycles. The van der Waals surface area contributed by atoms with E-state index in [1.807, 2.05) is 6.07 Å². The highest BCUT2D eigenvalue weighted by Crippen LogP contribution is 2.42. The second-order valence-electron chi connectivity index (χ2n) is 5.07. The van der Waals surface area contributed by atoms with Crippen molar-refractivity contribution >= 4 is 5.91 Å². The minimum Gasteiger partial charge on any atom is -0.493 e. The minimum absolute atomic E-state index is 0.0107. The molecule has 19 heavy (non-hydrogen) atoms. The Balaban J connectivity index is 1.89. The van der Waals surface area contributed by atoms with Gasteiger partial charge in [0.25, 0.3) is 0 Å². The van der Waals surface area contributed by atoms with Crippen molar-refractivity contribution in [2.45, 2.75) is 44.9 Å². The van der Waals surface area contributed by atoms with Gasteiger partial charge >= 0.3 is 0 Å². The van der Waals surface area contributed by atoms with E-state index in [2.05, 4.69) is 5.32 Å². The lowest BCUT2D eigenvalue weighted by molar-refractivity contribution is -0.120. The van der Waals surface area contributed by atoms with E-state index in [0.29, 0.717) is 24.3 Å². The Bertz CT molecular complexity index is 645. The van der Waals surface area contributed by atoms with E-state index in [4.69, 9.17) is 10.2 Å². The van der Waals surface area contributed by atoms with Crippen LogP contribution in [0, 0.1) is 0 Å². The van der Waals surface area contributed by atoms with Gasteiger partial charge in [-0.2, -0.15) is 0 Å². The number of carbonyl (C=O) groups is 1. The van der Waals surface area contributed by atoms with Crippen molar-refractivity contribution in [1.82, 2.24) is 5.32 Å². The Kier molecular flexibility index (Phi) is 2.38. The van der Waals surface area contributed by atoms with Crippen molar-refractivity contribution in [2.75, 3.05) is 13.1 Å². The Morgan fingerprint density at radius 1 is 1.58 bits per heavy atom. The van der Waals surface area contributed by atoms with Crippen LogP contribution in [0.4, 0.5) is 0 Å². The summed E-state index contributed by atoms with van der Waals surface area (Å²) in [6.45, 7) is 0.00621. The van der Waals surface area contributed by atoms with Gasteiger partial charge in [0.15, 0.2) is 0 Å². The van der Waals surface area contributed by atoms with Gasteiger partial charge in [0.2, 0.25) is 5.91 Å². The maximum absolute atomic E-state index is 11.4. The lowest BCUT2D eigenvalue weighted by Crippen LogP contribution is -2.24. The number of rotatable bonds is 4. The Labute approximate surface area is 120 Å². The first-order valence-electron chi connectivity index (χ1n) is 8.90. The molecule has 3 nitrogen and oxygen atoms in total. The van der Waals surface area contributed by atoms with Crippen LogP contribution >= 0.6 is 0 Å². The molecule has 0 radical (unpaired) electrons. The average Bonchev–Trinajstić information content (AvgIpc) is 2.96. The molecule has 0 saturated carbocycles. The highest BCUT2D eigenvalue weighted by molar-refractivity contribution is 5.75. The molecule has 1 amide bonds. The zero-order valence-corrected chi connectivity index (χ0v) is 11.1. The summed E-state index contributed by atoms with van der Waals surface area (Å²) in [4.78, 5) is 11.4. The summed E-state index contributed by atoms with van der Waals surface area (Å²) >= 11 is 0. The summed E-state index contributed by atoms with van der Waals surface area (Å²) in [5.41, 5.74) is 2.32. The van der Waals surface area contributed by atoms with Gasteiger partial charge in [-0.25, -0.2) is 0 Å². The fourth-order valence-electron chi connectivity index (χ4n) is 2.95. The average molecular weight is 263 g/mol. The van der Waals surface area contributed by atoms with E-state index in [1.165, 1.54) is 0 Å². The molecule has 1 heterocycles. The van der Waals surface area contributed by atoms with E-state index in [-0.39, 0.29) is 11.8 Å². The number of nitrogens with one attached hydrogen (secondary N) is 1. The lowest BCUT2D eigenvalue weighted by Gasteiger charge is -2.15. The zero-order valence-electron chi connectivity index (χ0n) is 15.1. The van der Waals surface area contributed by atoms with Crippen molar-refractivity contribution in [3.05, 3.63) is 28.8 Å². The van der Waals surface area contributed by atoms with Crippen LogP contribution in [-0.4, -0.2) is 19.0 Å². The number of ether oxygens (including phenoxy) is 1. The minimum atomic E-state index is -2.35. The molecule has 1 N–H and O–H groups in total. The van der Waals surface area contributed by atoms with E-state index >= 15 is 0 Å². The van der Waals surface area contributed by atoms with E-state index in [9.17, 15) is 4.79 Å². The first-order valence-corrected chi connectivity index (χ1v) is 6.90. The highest BCUT2D eigenvalue weighted by Gasteiger charge is 2.29. The van der Waals surface area contributed by atoms with Crippen molar-refractivity contribution in [3.8, 4) is 5.75 Å². The molecule has 0 bridgehead atoms. The third kappa shape index (κ3) is 2.34. The summed E-state index contributed by atoms with van der Waals surface area (Å²) in [6, 6.07) is 3.59. The van der Waals surface area contributed by atoms with Crippen LogP contribution in [0.3, 0.4) is 0 Å². The Hall–Kier alpha value is -1.51. The zero-order chi connectivity index (χ0) is 16.8. The van der Waals surface area contributed by atoms with Gasteiger partial charge in [-0.3, -0.25) is 4.79 Å². The third-order valence-corrected chi connectivity index (χ3v) is 3.94. The number of benzene rings is 1. The van der Waals surface area contributed by atoms with Gasteiger partial charge in [-0.15, -0.1) is 0 Å². The van der Waals surface area contributed by atoms with E-state index in [1.54, 1.807) is 13.0 Å². The molecule has 1 aromatic rings. The standard InChI is InChI=1S/C16H21NO2/c1-2-15(18)17-9-7-12-4-3-11-5-6-14-13(16(11)12)8-10-19-14/h5-6,12H,2-4,7-10H2,1H3,(H,17,18)/t12-/m0/s1/i8D2,10D2. The Morgan fingerprint density at radius 2 is 2.47 bits per heavy atom. The second kappa shape index (κ2) is 5.24. The molecule has 0 unspecified atom stereocenters. The van der Waals surface area contributed by atoms with Crippen LogP contribution in [0.15, 0.2) is 12.1 Å². The fraction of sp³-hybridized carbons (Fsp3) is 0.562. The van der Waals surface area contributed by atoms with Crippen LogP contribution in [-0.2, 0) is 17.6 Å². The fourth-order valence-corrected chi connectivity index (χ4v) is 2.95. The predicted octanol–water partition coefficient (Wildman–Crippen LogP) is 2.57. The molecule has 2 aliphatic rings. The molecule has 3 rings (SSSR count). The molecule has 0 spiro atoms. The number of hydrogen-bond acceptors (Lipinski definition) is 2. The summed E-state index contributed by atoms with van der Waals surface area (Å²) in [5.74, 6) is 0.449. The van der Waals surface area contributed by atoms with Crippen molar-refractivity contribution < 1.29 is 15.0 Å². The molecular weight excluding hydrogens is 238 g/mol. The summed E-state index contributed by atoms with van der Waals surface area (Å²) < 4.78 is 37.3. The second-order valence-corrected chi connectivity index (χ2v) is 5.07. The normalized spacial score (nSPS) is 28.2. The SMILES string of the molecule is [2H]C1([2H])Oc2ccc3c(c2C1([2H])[2H])[C@H](CCNC(=O)CC)CC3. The van der Waals surface area contributed by atoms with Crippen LogP contribution in [0.5, 0.6) is 5.75 Å². The molecule has 1 aliphatic carbocycles. The lowest BCUT2D eigenvalue weighted by atomic mass is 9.92. The topological polar surface area (TPSA) is 38.3 Å². The summed E-state index contributed by atoms with van der Waals surface area (Å²) in [7, 11) is 0. The summed E-state index contributed by atoms with van der Waals surface area (Å²) in [6.07, 6.45) is 0.769. The van der Waals surface area contributed by atoms with Crippen molar-refractivity contribution in [2.24, 2.45) is 0 Å². The number of aryl methyl sites for hydroxylation is 1. The molecule has 0 saturated heterocycles. The van der Waals surface area contributed by atoms with E-state index < -0.39 is 12.9 Å². The van der Waals surface area contributed by atoms with Crippen LogP contribution in [0.2, 0.25) is 0 Å². The number of fused-ring (bicyclic) bond motifs is 3. The molecule has 3 heteroatoms. The molecular formula is C16H21NO2. The van der Waals surface area contributed by atoms with Crippen LogP contribution in [0.25, 0.3) is 0 Å². The number of amides is 1. The molecule has 1 atom stereocenters. The van der Waals surface area contributed by atoms with Gasteiger partial charge < -0.3 is 10.1 Å². The molecule has 1 aliphatic heterocycles. The van der Waals surface area contributed by atoms with Gasteiger partial charge in [-0.1, -0.05) is 13.0 Å². The molecule has 0 fully saturated rings. The molecule has 1 aromatic carbocycles.